The summed E-state index contributed by atoms with van der Waals surface area (Å²) in [5, 5.41) is 0. The van der Waals surface area contributed by atoms with Crippen LogP contribution in [0.4, 0.5) is 4.39 Å². The Kier molecular flexibility index (Phi) is 1.57. The molecule has 0 N–H and O–H groups in total. The van der Waals surface area contributed by atoms with E-state index in [2.05, 4.69) is 4.98 Å². The van der Waals surface area contributed by atoms with Crippen molar-refractivity contribution in [1.29, 1.82) is 0 Å². The molecular weight excluding hydrogens is 105 g/mol. The van der Waals surface area contributed by atoms with E-state index in [0.717, 1.165) is 0 Å². The van der Waals surface area contributed by atoms with Crippen molar-refractivity contribution >= 4 is 0 Å². The molecule has 0 atom stereocenters. The van der Waals surface area contributed by atoms with Gasteiger partial charge in [0.25, 0.3) is 0 Å². The van der Waals surface area contributed by atoms with E-state index in [4.69, 9.17) is 0 Å². The predicted octanol–water partition coefficient (Wildman–Crippen LogP) is 1.55. The molecule has 1 aromatic heterocycles. The number of rotatable bonds is 1. The first-order valence-electron chi connectivity index (χ1n) is 2.38. The maximum Gasteiger partial charge on any atom is 0.115 e. The largest absolute Gasteiger partial charge is 0.265 e. The number of halogens is 1. The molecular formula is C6H6FN. The highest BCUT2D eigenvalue weighted by atomic mass is 19.1. The summed E-state index contributed by atoms with van der Waals surface area (Å²) in [6.07, 6.45) is 3.16. The van der Waals surface area contributed by atoms with Gasteiger partial charge in [-0.2, -0.15) is 0 Å². The topological polar surface area (TPSA) is 12.9 Å². The normalized spacial score (nSPS) is 9.12. The number of aromatic nitrogens is 1. The fourth-order valence-electron chi connectivity index (χ4n) is 0.472. The summed E-state index contributed by atoms with van der Waals surface area (Å²) in [4.78, 5) is 3.73. The maximum absolute atomic E-state index is 11.7. The molecule has 0 aliphatic carbocycles. The van der Waals surface area contributed by atoms with Crippen molar-refractivity contribution in [2.24, 2.45) is 0 Å². The zero-order valence-electron chi connectivity index (χ0n) is 4.34. The van der Waals surface area contributed by atoms with Crippen LogP contribution in [0.25, 0.3) is 0 Å². The summed E-state index contributed by atoms with van der Waals surface area (Å²) < 4.78 is 11.7. The van der Waals surface area contributed by atoms with Crippen LogP contribution in [0.3, 0.4) is 0 Å². The van der Waals surface area contributed by atoms with Gasteiger partial charge in [0.15, 0.2) is 0 Å². The third-order valence-electron chi connectivity index (χ3n) is 0.904. The molecule has 2 heteroatoms. The van der Waals surface area contributed by atoms with Crippen LogP contribution in [-0.4, -0.2) is 4.98 Å². The molecule has 1 nitrogen and oxygen atoms in total. The minimum atomic E-state index is -0.400. The zero-order chi connectivity index (χ0) is 5.82. The van der Waals surface area contributed by atoms with Crippen molar-refractivity contribution in [3.05, 3.63) is 30.1 Å². The standard InChI is InChI=1S/C6H6FN/c7-5-6-1-3-8-4-2-6/h1-4H,5H2. The lowest BCUT2D eigenvalue weighted by atomic mass is 10.3. The van der Waals surface area contributed by atoms with Crippen LogP contribution < -0.4 is 0 Å². The Morgan fingerprint density at radius 3 is 2.38 bits per heavy atom. The van der Waals surface area contributed by atoms with Gasteiger partial charge in [0.2, 0.25) is 0 Å². The second-order valence-corrected chi connectivity index (χ2v) is 1.49. The molecule has 0 aliphatic rings. The summed E-state index contributed by atoms with van der Waals surface area (Å²) in [5.41, 5.74) is 0.681. The van der Waals surface area contributed by atoms with Crippen molar-refractivity contribution in [2.45, 2.75) is 6.67 Å². The first-order valence-corrected chi connectivity index (χ1v) is 2.38. The minimum Gasteiger partial charge on any atom is -0.265 e. The lowest BCUT2D eigenvalue weighted by Crippen LogP contribution is -1.75. The summed E-state index contributed by atoms with van der Waals surface area (Å²) >= 11 is 0. The Morgan fingerprint density at radius 1 is 1.38 bits per heavy atom. The fourth-order valence-corrected chi connectivity index (χ4v) is 0.472. The molecule has 0 saturated heterocycles. The summed E-state index contributed by atoms with van der Waals surface area (Å²) in [6.45, 7) is -0.400. The van der Waals surface area contributed by atoms with Gasteiger partial charge >= 0.3 is 0 Å². The lowest BCUT2D eigenvalue weighted by molar-refractivity contribution is 0.485. The average molecular weight is 111 g/mol. The summed E-state index contributed by atoms with van der Waals surface area (Å²) in [7, 11) is 0. The molecule has 0 fully saturated rings. The Balaban J connectivity index is 2.83. The van der Waals surface area contributed by atoms with E-state index in [1.54, 1.807) is 24.5 Å². The second kappa shape index (κ2) is 2.40. The molecule has 1 heterocycles. The Bertz CT molecular complexity index is 150. The van der Waals surface area contributed by atoms with Gasteiger partial charge in [-0.3, -0.25) is 4.98 Å². The highest BCUT2D eigenvalue weighted by Gasteiger charge is 1.83. The molecule has 8 heavy (non-hydrogen) atoms. The van der Waals surface area contributed by atoms with Gasteiger partial charge < -0.3 is 0 Å². The molecule has 0 bridgehead atoms. The Morgan fingerprint density at radius 2 is 2.00 bits per heavy atom. The molecule has 0 aliphatic heterocycles. The van der Waals surface area contributed by atoms with Crippen LogP contribution in [0.1, 0.15) is 5.56 Å². The van der Waals surface area contributed by atoms with Crippen molar-refractivity contribution in [2.75, 3.05) is 0 Å². The van der Waals surface area contributed by atoms with Gasteiger partial charge in [0.1, 0.15) is 6.67 Å². The van der Waals surface area contributed by atoms with E-state index in [-0.39, 0.29) is 0 Å². The summed E-state index contributed by atoms with van der Waals surface area (Å²) in [6, 6.07) is 3.31. The number of hydrogen-bond acceptors (Lipinski definition) is 1. The maximum atomic E-state index is 11.7. The zero-order valence-corrected chi connectivity index (χ0v) is 4.34. The molecule has 0 unspecified atom stereocenters. The molecule has 42 valence electrons. The van der Waals surface area contributed by atoms with Crippen LogP contribution >= 0.6 is 0 Å². The van der Waals surface area contributed by atoms with Gasteiger partial charge in [-0.1, -0.05) is 0 Å². The smallest absolute Gasteiger partial charge is 0.115 e. The highest BCUT2D eigenvalue weighted by molar-refractivity contribution is 5.07. The van der Waals surface area contributed by atoms with Crippen LogP contribution in [-0.2, 0) is 6.67 Å². The first-order chi connectivity index (χ1) is 3.93. The van der Waals surface area contributed by atoms with E-state index in [9.17, 15) is 4.39 Å². The second-order valence-electron chi connectivity index (χ2n) is 1.49. The highest BCUT2D eigenvalue weighted by Crippen LogP contribution is 1.96. The lowest BCUT2D eigenvalue weighted by Gasteiger charge is -1.86. The number of nitrogens with zero attached hydrogens (tertiary/aromatic N) is 1. The predicted molar refractivity (Wildman–Crippen MR) is 29.0 cm³/mol. The van der Waals surface area contributed by atoms with Gasteiger partial charge in [0.05, 0.1) is 0 Å². The van der Waals surface area contributed by atoms with E-state index in [1.807, 2.05) is 0 Å². The van der Waals surface area contributed by atoms with Gasteiger partial charge in [0, 0.05) is 12.4 Å². The molecule has 0 saturated carbocycles. The Labute approximate surface area is 47.2 Å². The Hall–Kier alpha value is -0.920. The van der Waals surface area contributed by atoms with Crippen LogP contribution in [0.2, 0.25) is 0 Å². The van der Waals surface area contributed by atoms with Crippen molar-refractivity contribution < 1.29 is 4.39 Å². The van der Waals surface area contributed by atoms with E-state index >= 15 is 0 Å². The third kappa shape index (κ3) is 1.03. The number of alkyl halides is 1. The summed E-state index contributed by atoms with van der Waals surface area (Å²) in [5.74, 6) is 0. The quantitative estimate of drug-likeness (QED) is 0.535. The molecule has 0 spiro atoms. The molecule has 0 aromatic carbocycles. The molecule has 0 radical (unpaired) electrons. The molecule has 0 amide bonds. The number of pyridine rings is 1. The van der Waals surface area contributed by atoms with Gasteiger partial charge in [-0.05, 0) is 17.7 Å². The number of hydrogen-bond donors (Lipinski definition) is 0. The van der Waals surface area contributed by atoms with Gasteiger partial charge in [-0.15, -0.1) is 0 Å². The fraction of sp³-hybridized carbons (Fsp3) is 0.167. The van der Waals surface area contributed by atoms with Crippen LogP contribution in [0.15, 0.2) is 24.5 Å². The van der Waals surface area contributed by atoms with Crippen molar-refractivity contribution in [3.63, 3.8) is 0 Å². The average Bonchev–Trinajstić information content (AvgIpc) is 1.90. The minimum absolute atomic E-state index is 0.400. The van der Waals surface area contributed by atoms with E-state index in [1.165, 1.54) is 0 Å². The van der Waals surface area contributed by atoms with Crippen molar-refractivity contribution in [1.82, 2.24) is 4.98 Å². The van der Waals surface area contributed by atoms with Gasteiger partial charge in [-0.25, -0.2) is 4.39 Å². The van der Waals surface area contributed by atoms with E-state index < -0.39 is 6.67 Å². The third-order valence-corrected chi connectivity index (χ3v) is 0.904. The monoisotopic (exact) mass is 111 g/mol. The molecule has 1 rings (SSSR count). The molecule has 1 aromatic rings. The van der Waals surface area contributed by atoms with Crippen LogP contribution in [0.5, 0.6) is 0 Å². The van der Waals surface area contributed by atoms with Crippen molar-refractivity contribution in [3.8, 4) is 0 Å². The SMILES string of the molecule is FCc1ccncc1. The van der Waals surface area contributed by atoms with Crippen LogP contribution in [0, 0.1) is 0 Å². The van der Waals surface area contributed by atoms with E-state index in [0.29, 0.717) is 5.56 Å². The first kappa shape index (κ1) is 5.22.